The van der Waals surface area contributed by atoms with Gasteiger partial charge in [-0.3, -0.25) is 14.5 Å². The van der Waals surface area contributed by atoms with E-state index in [4.69, 9.17) is 4.74 Å². The van der Waals surface area contributed by atoms with E-state index in [-0.39, 0.29) is 24.5 Å². The standard InChI is InChI=1S/C25H34F3N5O4.ClH/c1-2-37-24(36)33-9-6-18(7-10-33)30-21-20(22(34)23(21)35)29-8-11-31-12-14-32(15-13-31)19-5-3-4-17(16-19)25(26,27)28;/h3-5,16,18,20-21,29-30H,2,6-15H2,1H3;1H. The third-order valence-electron chi connectivity index (χ3n) is 7.28. The first kappa shape index (κ1) is 30.1. The van der Waals surface area contributed by atoms with Crippen molar-refractivity contribution in [1.29, 1.82) is 0 Å². The van der Waals surface area contributed by atoms with Crippen molar-refractivity contribution in [1.82, 2.24) is 20.4 Å². The van der Waals surface area contributed by atoms with Crippen molar-refractivity contribution >= 4 is 35.8 Å². The molecule has 1 saturated carbocycles. The van der Waals surface area contributed by atoms with E-state index >= 15 is 0 Å². The van der Waals surface area contributed by atoms with E-state index in [1.165, 1.54) is 12.1 Å². The highest BCUT2D eigenvalue weighted by Crippen LogP contribution is 2.31. The second-order valence-corrected chi connectivity index (χ2v) is 9.64. The van der Waals surface area contributed by atoms with Crippen LogP contribution in [0.2, 0.25) is 0 Å². The summed E-state index contributed by atoms with van der Waals surface area (Å²) < 4.78 is 44.1. The minimum absolute atomic E-state index is 0. The third-order valence-corrected chi connectivity index (χ3v) is 7.28. The molecule has 2 saturated heterocycles. The number of benzene rings is 1. The van der Waals surface area contributed by atoms with Gasteiger partial charge in [-0.25, -0.2) is 4.79 Å². The number of nitrogens with one attached hydrogen (secondary N) is 2. The zero-order valence-electron chi connectivity index (χ0n) is 21.3. The van der Waals surface area contributed by atoms with Crippen LogP contribution >= 0.6 is 12.4 Å². The molecule has 1 aliphatic carbocycles. The topological polar surface area (TPSA) is 94.2 Å². The van der Waals surface area contributed by atoms with Crippen LogP contribution in [-0.2, 0) is 20.5 Å². The number of ether oxygens (including phenoxy) is 1. The highest BCUT2D eigenvalue weighted by atomic mass is 35.5. The lowest BCUT2D eigenvalue weighted by Gasteiger charge is -2.40. The molecule has 38 heavy (non-hydrogen) atoms. The summed E-state index contributed by atoms with van der Waals surface area (Å²) in [6.07, 6.45) is -3.33. The van der Waals surface area contributed by atoms with Crippen LogP contribution in [0.1, 0.15) is 25.3 Å². The number of Topliss-reactive ketones (excluding diaryl/α,β-unsaturated/α-hetero) is 2. The first-order valence-electron chi connectivity index (χ1n) is 12.8. The summed E-state index contributed by atoms with van der Waals surface area (Å²) in [4.78, 5) is 42.0. The van der Waals surface area contributed by atoms with Crippen LogP contribution in [0.4, 0.5) is 23.7 Å². The van der Waals surface area contributed by atoms with E-state index in [9.17, 15) is 27.6 Å². The molecule has 4 rings (SSSR count). The Balaban J connectivity index is 0.00000400. The van der Waals surface area contributed by atoms with Crippen molar-refractivity contribution in [3.63, 3.8) is 0 Å². The number of carbonyl (C=O) groups is 3. The predicted molar refractivity (Wildman–Crippen MR) is 138 cm³/mol. The molecule has 212 valence electrons. The molecule has 0 radical (unpaired) electrons. The molecule has 2 atom stereocenters. The number of likely N-dealkylation sites (tertiary alicyclic amines) is 1. The number of alkyl halides is 3. The Morgan fingerprint density at radius 1 is 1.03 bits per heavy atom. The Labute approximate surface area is 226 Å². The first-order chi connectivity index (χ1) is 17.7. The van der Waals surface area contributed by atoms with E-state index in [0.717, 1.165) is 6.07 Å². The number of hydrogen-bond acceptors (Lipinski definition) is 8. The van der Waals surface area contributed by atoms with Crippen molar-refractivity contribution in [2.45, 2.75) is 44.1 Å². The fourth-order valence-electron chi connectivity index (χ4n) is 5.08. The van der Waals surface area contributed by atoms with Crippen molar-refractivity contribution in [3.8, 4) is 0 Å². The molecule has 1 amide bonds. The van der Waals surface area contributed by atoms with Gasteiger partial charge in [0.1, 0.15) is 0 Å². The second kappa shape index (κ2) is 13.1. The largest absolute Gasteiger partial charge is 0.450 e. The van der Waals surface area contributed by atoms with Crippen LogP contribution in [-0.4, -0.2) is 105 Å². The maximum atomic E-state index is 13.0. The molecule has 0 aromatic heterocycles. The zero-order valence-corrected chi connectivity index (χ0v) is 22.2. The molecule has 3 aliphatic rings. The molecule has 0 spiro atoms. The van der Waals surface area contributed by atoms with Gasteiger partial charge in [-0.2, -0.15) is 13.2 Å². The molecule has 2 aliphatic heterocycles. The number of rotatable bonds is 8. The molecule has 2 unspecified atom stereocenters. The minimum Gasteiger partial charge on any atom is -0.450 e. The van der Waals surface area contributed by atoms with E-state index < -0.39 is 35.4 Å². The molecular weight excluding hydrogens is 527 g/mol. The van der Waals surface area contributed by atoms with Crippen LogP contribution in [0.25, 0.3) is 0 Å². The van der Waals surface area contributed by atoms with Gasteiger partial charge in [0.25, 0.3) is 0 Å². The van der Waals surface area contributed by atoms with Crippen LogP contribution in [0.15, 0.2) is 24.3 Å². The molecule has 2 N–H and O–H groups in total. The number of nitrogens with zero attached hydrogens (tertiary/aromatic N) is 3. The molecular formula is C25H35ClF3N5O4. The maximum Gasteiger partial charge on any atom is 0.416 e. The molecule has 0 bridgehead atoms. The van der Waals surface area contributed by atoms with Gasteiger partial charge in [-0.05, 0) is 38.0 Å². The molecule has 13 heteroatoms. The lowest BCUT2D eigenvalue weighted by atomic mass is 9.82. The SMILES string of the molecule is CCOC(=O)N1CCC(NC2C(=O)C(=O)C2NCCN2CCN(c3cccc(C(F)(F)F)c3)CC2)CC1.Cl. The quantitative estimate of drug-likeness (QED) is 0.465. The molecule has 1 aromatic rings. The Kier molecular flexibility index (Phi) is 10.4. The molecule has 1 aromatic carbocycles. The van der Waals surface area contributed by atoms with Gasteiger partial charge < -0.3 is 25.2 Å². The number of amides is 1. The van der Waals surface area contributed by atoms with Gasteiger partial charge in [0.15, 0.2) is 0 Å². The maximum absolute atomic E-state index is 13.0. The number of halogens is 4. The van der Waals surface area contributed by atoms with Crippen molar-refractivity contribution in [3.05, 3.63) is 29.8 Å². The van der Waals surface area contributed by atoms with Gasteiger partial charge in [-0.1, -0.05) is 6.07 Å². The summed E-state index contributed by atoms with van der Waals surface area (Å²) in [7, 11) is 0. The fourth-order valence-corrected chi connectivity index (χ4v) is 5.08. The van der Waals surface area contributed by atoms with Gasteiger partial charge >= 0.3 is 12.3 Å². The summed E-state index contributed by atoms with van der Waals surface area (Å²) in [6.45, 7) is 6.95. The smallest absolute Gasteiger partial charge is 0.416 e. The summed E-state index contributed by atoms with van der Waals surface area (Å²) in [5, 5.41) is 6.49. The summed E-state index contributed by atoms with van der Waals surface area (Å²) >= 11 is 0. The number of piperidine rings is 1. The second-order valence-electron chi connectivity index (χ2n) is 9.64. The highest BCUT2D eigenvalue weighted by molar-refractivity contribution is 6.49. The number of carbonyl (C=O) groups excluding carboxylic acids is 3. The van der Waals surface area contributed by atoms with Gasteiger partial charge in [0, 0.05) is 64.1 Å². The normalized spacial score (nSPS) is 23.2. The summed E-state index contributed by atoms with van der Waals surface area (Å²) in [6, 6.07) is 4.29. The van der Waals surface area contributed by atoms with Crippen LogP contribution < -0.4 is 15.5 Å². The van der Waals surface area contributed by atoms with Crippen LogP contribution in [0.5, 0.6) is 0 Å². The monoisotopic (exact) mass is 561 g/mol. The molecule has 9 nitrogen and oxygen atoms in total. The zero-order chi connectivity index (χ0) is 26.6. The number of anilines is 1. The van der Waals surface area contributed by atoms with E-state index in [1.807, 2.05) is 4.90 Å². The van der Waals surface area contributed by atoms with Gasteiger partial charge in [0.05, 0.1) is 24.3 Å². The lowest BCUT2D eigenvalue weighted by molar-refractivity contribution is -0.147. The van der Waals surface area contributed by atoms with Crippen LogP contribution in [0, 0.1) is 0 Å². The Morgan fingerprint density at radius 3 is 2.32 bits per heavy atom. The minimum atomic E-state index is -4.36. The fraction of sp³-hybridized carbons (Fsp3) is 0.640. The van der Waals surface area contributed by atoms with Crippen molar-refractivity contribution in [2.24, 2.45) is 0 Å². The van der Waals surface area contributed by atoms with Crippen molar-refractivity contribution < 1.29 is 32.3 Å². The number of piperazine rings is 1. The Morgan fingerprint density at radius 2 is 1.68 bits per heavy atom. The molecule has 3 fully saturated rings. The van der Waals surface area contributed by atoms with Crippen molar-refractivity contribution in [2.75, 3.05) is 63.9 Å². The average molecular weight is 562 g/mol. The third kappa shape index (κ3) is 7.16. The van der Waals surface area contributed by atoms with E-state index in [1.54, 1.807) is 17.9 Å². The van der Waals surface area contributed by atoms with Gasteiger partial charge in [0.2, 0.25) is 11.6 Å². The summed E-state index contributed by atoms with van der Waals surface area (Å²) in [5.74, 6) is -0.837. The van der Waals surface area contributed by atoms with Crippen LogP contribution in [0.3, 0.4) is 0 Å². The first-order valence-corrected chi connectivity index (χ1v) is 12.8. The Bertz CT molecular complexity index is 982. The lowest BCUT2D eigenvalue weighted by Crippen LogP contribution is -2.71. The molecule has 2 heterocycles. The Hall–Kier alpha value is -2.41. The average Bonchev–Trinajstić information content (AvgIpc) is 2.90. The van der Waals surface area contributed by atoms with Gasteiger partial charge in [-0.15, -0.1) is 12.4 Å². The number of hydrogen-bond donors (Lipinski definition) is 2. The number of ketones is 2. The predicted octanol–water partition coefficient (Wildman–Crippen LogP) is 1.94. The summed E-state index contributed by atoms with van der Waals surface area (Å²) in [5.41, 5.74) is -0.0859. The highest BCUT2D eigenvalue weighted by Gasteiger charge is 2.49. The van der Waals surface area contributed by atoms with E-state index in [0.29, 0.717) is 77.5 Å². The van der Waals surface area contributed by atoms with E-state index in [2.05, 4.69) is 15.5 Å².